The Morgan fingerprint density at radius 1 is 1.38 bits per heavy atom. The largest absolute Gasteiger partial charge is 0.355 e. The number of rotatable bonds is 7. The maximum Gasteiger partial charge on any atom is 0.234 e. The van der Waals surface area contributed by atoms with Crippen LogP contribution in [-0.4, -0.2) is 49.6 Å². The van der Waals surface area contributed by atoms with Crippen LogP contribution in [0.15, 0.2) is 11.6 Å². The molecule has 0 atom stereocenters. The average molecular weight is 293 g/mol. The highest BCUT2D eigenvalue weighted by molar-refractivity contribution is 5.78. The van der Waals surface area contributed by atoms with Crippen LogP contribution in [0.1, 0.15) is 51.9 Å². The quantitative estimate of drug-likeness (QED) is 0.706. The maximum atomic E-state index is 12.1. The van der Waals surface area contributed by atoms with Crippen LogP contribution in [0.3, 0.4) is 0 Å². The van der Waals surface area contributed by atoms with Gasteiger partial charge in [0.25, 0.3) is 0 Å². The molecule has 1 amide bonds. The van der Waals surface area contributed by atoms with Crippen molar-refractivity contribution in [2.75, 3.05) is 32.7 Å². The molecule has 21 heavy (non-hydrogen) atoms. The van der Waals surface area contributed by atoms with E-state index in [1.54, 1.807) is 0 Å². The van der Waals surface area contributed by atoms with Gasteiger partial charge in [-0.15, -0.1) is 0 Å². The molecule has 1 saturated heterocycles. The van der Waals surface area contributed by atoms with E-state index in [2.05, 4.69) is 28.5 Å². The van der Waals surface area contributed by atoms with Gasteiger partial charge >= 0.3 is 0 Å². The minimum Gasteiger partial charge on any atom is -0.355 e. The molecule has 0 radical (unpaired) electrons. The van der Waals surface area contributed by atoms with E-state index in [9.17, 15) is 4.79 Å². The first-order valence-electron chi connectivity index (χ1n) is 8.69. The Hall–Kier alpha value is -0.870. The fourth-order valence-electron chi connectivity index (χ4n) is 3.41. The van der Waals surface area contributed by atoms with E-state index in [1.807, 2.05) is 0 Å². The topological polar surface area (TPSA) is 44.4 Å². The summed E-state index contributed by atoms with van der Waals surface area (Å²) in [5.41, 5.74) is 1.53. The first kappa shape index (κ1) is 16.5. The van der Waals surface area contributed by atoms with Crippen LogP contribution < -0.4 is 10.6 Å². The molecule has 1 heterocycles. The fraction of sp³-hybridized carbons (Fsp3) is 0.824. The molecule has 0 aromatic heterocycles. The molecule has 0 saturated carbocycles. The van der Waals surface area contributed by atoms with Crippen molar-refractivity contribution in [3.05, 3.63) is 11.6 Å². The van der Waals surface area contributed by atoms with Gasteiger partial charge in [0, 0.05) is 12.6 Å². The molecule has 0 aromatic carbocycles. The number of piperidine rings is 1. The van der Waals surface area contributed by atoms with E-state index >= 15 is 0 Å². The Labute approximate surface area is 129 Å². The molecule has 0 unspecified atom stereocenters. The molecule has 1 aliphatic heterocycles. The van der Waals surface area contributed by atoms with Crippen LogP contribution in [0.2, 0.25) is 0 Å². The summed E-state index contributed by atoms with van der Waals surface area (Å²) in [5, 5.41) is 6.48. The second kappa shape index (κ2) is 9.21. The second-order valence-corrected chi connectivity index (χ2v) is 6.25. The summed E-state index contributed by atoms with van der Waals surface area (Å²) in [4.78, 5) is 14.4. The SMILES string of the molecule is CCN(CC(=O)NCCC1=CCCCC1)C1CCNCC1. The van der Waals surface area contributed by atoms with Gasteiger partial charge in [0.15, 0.2) is 0 Å². The van der Waals surface area contributed by atoms with Gasteiger partial charge in [-0.05, 0) is 64.6 Å². The van der Waals surface area contributed by atoms with Crippen LogP contribution in [-0.2, 0) is 4.79 Å². The Kier molecular flexibility index (Phi) is 7.24. The van der Waals surface area contributed by atoms with Crippen LogP contribution in [0.25, 0.3) is 0 Å². The number of hydrogen-bond donors (Lipinski definition) is 2. The van der Waals surface area contributed by atoms with E-state index in [4.69, 9.17) is 0 Å². The highest BCUT2D eigenvalue weighted by Crippen LogP contribution is 2.19. The summed E-state index contributed by atoms with van der Waals surface area (Å²) < 4.78 is 0. The van der Waals surface area contributed by atoms with Crippen molar-refractivity contribution in [3.63, 3.8) is 0 Å². The molecule has 4 nitrogen and oxygen atoms in total. The van der Waals surface area contributed by atoms with Crippen molar-refractivity contribution in [2.24, 2.45) is 0 Å². The van der Waals surface area contributed by atoms with E-state index < -0.39 is 0 Å². The zero-order chi connectivity index (χ0) is 14.9. The van der Waals surface area contributed by atoms with E-state index in [-0.39, 0.29) is 5.91 Å². The molecule has 1 aliphatic carbocycles. The number of likely N-dealkylation sites (N-methyl/N-ethyl adjacent to an activating group) is 1. The number of hydrogen-bond acceptors (Lipinski definition) is 3. The molecule has 4 heteroatoms. The zero-order valence-corrected chi connectivity index (χ0v) is 13.5. The smallest absolute Gasteiger partial charge is 0.234 e. The molecule has 1 fully saturated rings. The van der Waals surface area contributed by atoms with Gasteiger partial charge in [-0.2, -0.15) is 0 Å². The molecule has 2 N–H and O–H groups in total. The number of allylic oxidation sites excluding steroid dienone is 1. The molecule has 2 rings (SSSR count). The summed E-state index contributed by atoms with van der Waals surface area (Å²) in [6.45, 7) is 6.63. The number of carbonyl (C=O) groups excluding carboxylic acids is 1. The monoisotopic (exact) mass is 293 g/mol. The minimum atomic E-state index is 0.187. The fourth-order valence-corrected chi connectivity index (χ4v) is 3.41. The van der Waals surface area contributed by atoms with Crippen molar-refractivity contribution < 1.29 is 4.79 Å². The predicted molar refractivity (Wildman–Crippen MR) is 87.3 cm³/mol. The first-order valence-corrected chi connectivity index (χ1v) is 8.69. The van der Waals surface area contributed by atoms with E-state index in [0.717, 1.165) is 45.4 Å². The summed E-state index contributed by atoms with van der Waals surface area (Å²) in [6, 6.07) is 0.572. The molecular weight excluding hydrogens is 262 g/mol. The van der Waals surface area contributed by atoms with Crippen molar-refractivity contribution in [2.45, 2.75) is 57.9 Å². The van der Waals surface area contributed by atoms with Crippen LogP contribution >= 0.6 is 0 Å². The standard InChI is InChI=1S/C17H31N3O/c1-2-20(16-9-11-18-12-10-16)14-17(21)19-13-8-15-6-4-3-5-7-15/h6,16,18H,2-5,7-14H2,1H3,(H,19,21). The lowest BCUT2D eigenvalue weighted by Gasteiger charge is -2.33. The highest BCUT2D eigenvalue weighted by Gasteiger charge is 2.21. The molecule has 0 spiro atoms. The van der Waals surface area contributed by atoms with E-state index in [0.29, 0.717) is 12.6 Å². The molecule has 120 valence electrons. The first-order chi connectivity index (χ1) is 10.3. The lowest BCUT2D eigenvalue weighted by atomic mass is 9.97. The predicted octanol–water partition coefficient (Wildman–Crippen LogP) is 2.07. The molecular formula is C17H31N3O. The van der Waals surface area contributed by atoms with Crippen molar-refractivity contribution >= 4 is 5.91 Å². The normalized spacial score (nSPS) is 20.4. The van der Waals surface area contributed by atoms with E-state index in [1.165, 1.54) is 31.3 Å². The van der Waals surface area contributed by atoms with Crippen LogP contribution in [0, 0.1) is 0 Å². The highest BCUT2D eigenvalue weighted by atomic mass is 16.2. The Bertz CT molecular complexity index is 348. The third kappa shape index (κ3) is 5.79. The third-order valence-corrected chi connectivity index (χ3v) is 4.73. The van der Waals surface area contributed by atoms with Crippen molar-refractivity contribution in [1.82, 2.24) is 15.5 Å². The molecule has 2 aliphatic rings. The zero-order valence-electron chi connectivity index (χ0n) is 13.5. The molecule has 0 aromatic rings. The van der Waals surface area contributed by atoms with Crippen molar-refractivity contribution in [3.8, 4) is 0 Å². The van der Waals surface area contributed by atoms with Gasteiger partial charge in [-0.25, -0.2) is 0 Å². The van der Waals surface area contributed by atoms with Crippen LogP contribution in [0.5, 0.6) is 0 Å². The number of nitrogens with one attached hydrogen (secondary N) is 2. The van der Waals surface area contributed by atoms with Gasteiger partial charge in [0.2, 0.25) is 5.91 Å². The van der Waals surface area contributed by atoms with Gasteiger partial charge < -0.3 is 10.6 Å². The van der Waals surface area contributed by atoms with Gasteiger partial charge in [0.05, 0.1) is 6.54 Å². The van der Waals surface area contributed by atoms with Crippen molar-refractivity contribution in [1.29, 1.82) is 0 Å². The maximum absolute atomic E-state index is 12.1. The summed E-state index contributed by atoms with van der Waals surface area (Å²) in [6.07, 6.45) is 10.8. The molecule has 0 bridgehead atoms. The lowest BCUT2D eigenvalue weighted by Crippen LogP contribution is -2.47. The summed E-state index contributed by atoms with van der Waals surface area (Å²) >= 11 is 0. The number of amides is 1. The van der Waals surface area contributed by atoms with Gasteiger partial charge in [-0.3, -0.25) is 9.69 Å². The Morgan fingerprint density at radius 2 is 2.19 bits per heavy atom. The minimum absolute atomic E-state index is 0.187. The van der Waals surface area contributed by atoms with Gasteiger partial charge in [0.1, 0.15) is 0 Å². The second-order valence-electron chi connectivity index (χ2n) is 6.25. The third-order valence-electron chi connectivity index (χ3n) is 4.73. The Morgan fingerprint density at radius 3 is 2.86 bits per heavy atom. The number of carbonyl (C=O) groups is 1. The number of nitrogens with zero attached hydrogens (tertiary/aromatic N) is 1. The lowest BCUT2D eigenvalue weighted by molar-refractivity contribution is -0.122. The van der Waals surface area contributed by atoms with Gasteiger partial charge in [-0.1, -0.05) is 18.6 Å². The average Bonchev–Trinajstić information content (AvgIpc) is 2.54. The Balaban J connectivity index is 1.66. The summed E-state index contributed by atoms with van der Waals surface area (Å²) in [7, 11) is 0. The van der Waals surface area contributed by atoms with Crippen LogP contribution in [0.4, 0.5) is 0 Å². The summed E-state index contributed by atoms with van der Waals surface area (Å²) in [5.74, 6) is 0.187.